The summed E-state index contributed by atoms with van der Waals surface area (Å²) in [5.41, 5.74) is 3.23. The van der Waals surface area contributed by atoms with Crippen molar-refractivity contribution in [2.45, 2.75) is 111 Å². The molecule has 1 nitrogen and oxygen atoms in total. The van der Waals surface area contributed by atoms with Gasteiger partial charge in [-0.05, 0) is 47.6 Å². The van der Waals surface area contributed by atoms with Crippen LogP contribution in [0.2, 0.25) is 0 Å². The van der Waals surface area contributed by atoms with Crippen molar-refractivity contribution in [3.05, 3.63) is 34.9 Å². The van der Waals surface area contributed by atoms with Crippen LogP contribution in [-0.2, 0) is 0 Å². The summed E-state index contributed by atoms with van der Waals surface area (Å²) in [4.78, 5) is 12.6. The van der Waals surface area contributed by atoms with E-state index in [0.717, 1.165) is 12.0 Å². The number of rotatable bonds is 13. The van der Waals surface area contributed by atoms with E-state index < -0.39 is 0 Å². The Bertz CT molecular complexity index is 473. The van der Waals surface area contributed by atoms with E-state index in [1.54, 1.807) is 0 Å². The highest BCUT2D eigenvalue weighted by Gasteiger charge is 2.12. The number of unbranched alkanes of at least 4 members (excludes halogenated alkanes) is 8. The standard InChI is InChI=1S/C24H39O/c1-6-7-8-9-10-11-12-13-14-15-24(25)23-17-21(19(2)3)16-22(18-23)20(4)5/h17-20H,6-15H2,1-5H3. The second kappa shape index (κ2) is 12.3. The maximum absolute atomic E-state index is 12.6. The van der Waals surface area contributed by atoms with Crippen LogP contribution in [0.5, 0.6) is 0 Å². The van der Waals surface area contributed by atoms with Crippen LogP contribution in [0, 0.1) is 6.07 Å². The molecule has 0 atom stereocenters. The number of carbonyl (C=O) groups excluding carboxylic acids is 1. The average molecular weight is 344 g/mol. The van der Waals surface area contributed by atoms with E-state index in [9.17, 15) is 4.79 Å². The molecule has 1 aromatic rings. The lowest BCUT2D eigenvalue weighted by Gasteiger charge is -2.13. The smallest absolute Gasteiger partial charge is 0.162 e. The number of hydrogen-bond donors (Lipinski definition) is 0. The first-order valence-electron chi connectivity index (χ1n) is 10.6. The lowest BCUT2D eigenvalue weighted by atomic mass is 9.91. The van der Waals surface area contributed by atoms with E-state index in [0.29, 0.717) is 24.0 Å². The Morgan fingerprint density at radius 1 is 0.800 bits per heavy atom. The Labute approximate surface area is 156 Å². The van der Waals surface area contributed by atoms with E-state index in [1.165, 1.54) is 62.5 Å². The molecule has 25 heavy (non-hydrogen) atoms. The summed E-state index contributed by atoms with van der Waals surface area (Å²) in [6.45, 7) is 10.9. The first-order valence-corrected chi connectivity index (χ1v) is 10.6. The number of benzene rings is 1. The second-order valence-electron chi connectivity index (χ2n) is 8.09. The fraction of sp³-hybridized carbons (Fsp3) is 0.708. The minimum absolute atomic E-state index is 0.306. The molecule has 0 saturated heterocycles. The Balaban J connectivity index is 2.39. The molecule has 0 unspecified atom stereocenters. The summed E-state index contributed by atoms with van der Waals surface area (Å²) >= 11 is 0. The fourth-order valence-corrected chi connectivity index (χ4v) is 3.14. The molecular formula is C24H39O. The van der Waals surface area contributed by atoms with Crippen molar-refractivity contribution >= 4 is 5.78 Å². The Morgan fingerprint density at radius 2 is 1.24 bits per heavy atom. The number of carbonyl (C=O) groups is 1. The molecule has 0 fully saturated rings. The van der Waals surface area contributed by atoms with Gasteiger partial charge in [0.25, 0.3) is 0 Å². The molecule has 0 saturated carbocycles. The third-order valence-electron chi connectivity index (χ3n) is 4.98. The maximum atomic E-state index is 12.6. The van der Waals surface area contributed by atoms with Crippen molar-refractivity contribution < 1.29 is 4.79 Å². The first kappa shape index (κ1) is 21.9. The fourth-order valence-electron chi connectivity index (χ4n) is 3.14. The minimum atomic E-state index is 0.306. The maximum Gasteiger partial charge on any atom is 0.162 e. The zero-order valence-corrected chi connectivity index (χ0v) is 17.3. The van der Waals surface area contributed by atoms with Crippen LogP contribution in [0.4, 0.5) is 0 Å². The van der Waals surface area contributed by atoms with Crippen LogP contribution in [0.3, 0.4) is 0 Å². The normalized spacial score (nSPS) is 11.5. The minimum Gasteiger partial charge on any atom is -0.294 e. The predicted octanol–water partition coefficient (Wildman–Crippen LogP) is 7.84. The molecule has 0 N–H and O–H groups in total. The molecule has 0 amide bonds. The van der Waals surface area contributed by atoms with Gasteiger partial charge in [0.05, 0.1) is 0 Å². The summed E-state index contributed by atoms with van der Waals surface area (Å²) in [6, 6.07) is 7.62. The topological polar surface area (TPSA) is 17.1 Å². The average Bonchev–Trinajstić information content (AvgIpc) is 2.59. The molecule has 0 bridgehead atoms. The Kier molecular flexibility index (Phi) is 10.8. The van der Waals surface area contributed by atoms with Crippen LogP contribution in [-0.4, -0.2) is 5.78 Å². The van der Waals surface area contributed by atoms with Crippen LogP contribution in [0.15, 0.2) is 12.1 Å². The van der Waals surface area contributed by atoms with Gasteiger partial charge in [0.15, 0.2) is 5.78 Å². The van der Waals surface area contributed by atoms with Crippen LogP contribution >= 0.6 is 0 Å². The third kappa shape index (κ3) is 8.70. The van der Waals surface area contributed by atoms with Crippen LogP contribution < -0.4 is 0 Å². The molecule has 141 valence electrons. The van der Waals surface area contributed by atoms with Crippen molar-refractivity contribution in [3.8, 4) is 0 Å². The van der Waals surface area contributed by atoms with Crippen molar-refractivity contribution in [1.29, 1.82) is 0 Å². The van der Waals surface area contributed by atoms with Crippen molar-refractivity contribution in [3.63, 3.8) is 0 Å². The molecule has 0 aliphatic carbocycles. The summed E-state index contributed by atoms with van der Waals surface area (Å²) < 4.78 is 0. The summed E-state index contributed by atoms with van der Waals surface area (Å²) in [5.74, 6) is 1.14. The highest BCUT2D eigenvalue weighted by molar-refractivity contribution is 5.96. The molecule has 1 radical (unpaired) electrons. The molecule has 0 aliphatic rings. The van der Waals surface area contributed by atoms with E-state index >= 15 is 0 Å². The van der Waals surface area contributed by atoms with Crippen LogP contribution in [0.25, 0.3) is 0 Å². The lowest BCUT2D eigenvalue weighted by molar-refractivity contribution is 0.0979. The number of hydrogen-bond acceptors (Lipinski definition) is 1. The van der Waals surface area contributed by atoms with Gasteiger partial charge >= 0.3 is 0 Å². The summed E-state index contributed by atoms with van der Waals surface area (Å²) in [7, 11) is 0. The zero-order valence-electron chi connectivity index (χ0n) is 17.3. The highest BCUT2D eigenvalue weighted by atomic mass is 16.1. The monoisotopic (exact) mass is 343 g/mol. The molecule has 1 heteroatoms. The van der Waals surface area contributed by atoms with Crippen molar-refractivity contribution in [1.82, 2.24) is 0 Å². The molecule has 0 spiro atoms. The van der Waals surface area contributed by atoms with E-state index in [2.05, 4.69) is 52.8 Å². The van der Waals surface area contributed by atoms with Gasteiger partial charge in [-0.1, -0.05) is 86.0 Å². The van der Waals surface area contributed by atoms with Gasteiger partial charge in [-0.2, -0.15) is 0 Å². The molecule has 1 rings (SSSR count). The van der Waals surface area contributed by atoms with Gasteiger partial charge in [-0.15, -0.1) is 0 Å². The summed E-state index contributed by atoms with van der Waals surface area (Å²) in [6.07, 6.45) is 12.3. The zero-order chi connectivity index (χ0) is 18.7. The van der Waals surface area contributed by atoms with E-state index in [1.807, 2.05) is 0 Å². The van der Waals surface area contributed by atoms with Crippen molar-refractivity contribution in [2.75, 3.05) is 0 Å². The number of Topliss-reactive ketones (excluding diaryl/α,β-unsaturated/α-hetero) is 1. The van der Waals surface area contributed by atoms with Crippen LogP contribution in [0.1, 0.15) is 132 Å². The predicted molar refractivity (Wildman–Crippen MR) is 110 cm³/mol. The second-order valence-corrected chi connectivity index (χ2v) is 8.09. The first-order chi connectivity index (χ1) is 12.0. The van der Waals surface area contributed by atoms with Gasteiger partial charge in [0, 0.05) is 12.0 Å². The third-order valence-corrected chi connectivity index (χ3v) is 4.98. The summed E-state index contributed by atoms with van der Waals surface area (Å²) in [5, 5.41) is 0. The molecule has 0 aliphatic heterocycles. The number of ketones is 1. The molecule has 1 aromatic carbocycles. The van der Waals surface area contributed by atoms with Gasteiger partial charge < -0.3 is 0 Å². The Hall–Kier alpha value is -1.11. The Morgan fingerprint density at radius 3 is 1.68 bits per heavy atom. The van der Waals surface area contributed by atoms with Gasteiger partial charge in [0.2, 0.25) is 0 Å². The molecular weight excluding hydrogens is 304 g/mol. The van der Waals surface area contributed by atoms with Gasteiger partial charge in [-0.25, -0.2) is 0 Å². The lowest BCUT2D eigenvalue weighted by Crippen LogP contribution is -2.04. The SMILES string of the molecule is CCCCCCCCCCCC(=O)c1cc(C(C)C)[c]c(C(C)C)c1. The quantitative estimate of drug-likeness (QED) is 0.263. The highest BCUT2D eigenvalue weighted by Crippen LogP contribution is 2.24. The van der Waals surface area contributed by atoms with Gasteiger partial charge in [-0.3, -0.25) is 4.79 Å². The van der Waals surface area contributed by atoms with Crippen molar-refractivity contribution in [2.24, 2.45) is 0 Å². The van der Waals surface area contributed by atoms with Gasteiger partial charge in [0.1, 0.15) is 0 Å². The van der Waals surface area contributed by atoms with E-state index in [-0.39, 0.29) is 0 Å². The van der Waals surface area contributed by atoms with E-state index in [4.69, 9.17) is 0 Å². The molecule has 0 aromatic heterocycles. The molecule has 0 heterocycles. The largest absolute Gasteiger partial charge is 0.294 e.